The SMILES string of the molecule is COc1cccc(C2=NN(C(=O)c3ccccc3)C(c3cc4cccc(OC)c4nc3Cl)C2)c1. The lowest BCUT2D eigenvalue weighted by Crippen LogP contribution is -2.27. The van der Waals surface area contributed by atoms with Crippen molar-refractivity contribution in [2.24, 2.45) is 5.10 Å². The molecule has 0 fully saturated rings. The second-order valence-electron chi connectivity index (χ2n) is 7.91. The Morgan fingerprint density at radius 3 is 2.53 bits per heavy atom. The van der Waals surface area contributed by atoms with Crippen molar-refractivity contribution in [3.63, 3.8) is 0 Å². The Hall–Kier alpha value is -3.90. The van der Waals surface area contributed by atoms with Crippen LogP contribution < -0.4 is 9.47 Å². The van der Waals surface area contributed by atoms with Gasteiger partial charge in [-0.2, -0.15) is 5.10 Å². The number of benzene rings is 3. The number of halogens is 1. The molecule has 1 aromatic heterocycles. The second-order valence-corrected chi connectivity index (χ2v) is 8.27. The number of rotatable bonds is 5. The van der Waals surface area contributed by atoms with Gasteiger partial charge in [-0.15, -0.1) is 0 Å². The molecule has 0 bridgehead atoms. The summed E-state index contributed by atoms with van der Waals surface area (Å²) in [6.45, 7) is 0. The van der Waals surface area contributed by atoms with E-state index in [1.165, 1.54) is 5.01 Å². The normalized spacial score (nSPS) is 15.3. The molecule has 0 N–H and O–H groups in total. The van der Waals surface area contributed by atoms with Crippen LogP contribution in [0.2, 0.25) is 5.15 Å². The molecule has 1 aliphatic heterocycles. The number of pyridine rings is 1. The number of aromatic nitrogens is 1. The molecule has 6 nitrogen and oxygen atoms in total. The van der Waals surface area contributed by atoms with E-state index in [0.717, 1.165) is 28.0 Å². The van der Waals surface area contributed by atoms with E-state index in [2.05, 4.69) is 4.98 Å². The van der Waals surface area contributed by atoms with Crippen molar-refractivity contribution < 1.29 is 14.3 Å². The van der Waals surface area contributed by atoms with Gasteiger partial charge in [0.05, 0.1) is 26.0 Å². The maximum Gasteiger partial charge on any atom is 0.274 e. The summed E-state index contributed by atoms with van der Waals surface area (Å²) < 4.78 is 10.8. The van der Waals surface area contributed by atoms with Crippen LogP contribution in [0.1, 0.15) is 33.9 Å². The van der Waals surface area contributed by atoms with Crippen LogP contribution in [0.15, 0.2) is 84.0 Å². The number of fused-ring (bicyclic) bond motifs is 1. The highest BCUT2D eigenvalue weighted by Gasteiger charge is 2.35. The maximum absolute atomic E-state index is 13.5. The number of hydrogen-bond donors (Lipinski definition) is 0. The summed E-state index contributed by atoms with van der Waals surface area (Å²) in [7, 11) is 3.22. The van der Waals surface area contributed by atoms with Gasteiger partial charge >= 0.3 is 0 Å². The summed E-state index contributed by atoms with van der Waals surface area (Å²) in [5.74, 6) is 1.16. The minimum absolute atomic E-state index is 0.203. The Labute approximate surface area is 202 Å². The number of ether oxygens (including phenoxy) is 2. The highest BCUT2D eigenvalue weighted by molar-refractivity contribution is 6.30. The molecule has 3 aromatic carbocycles. The molecule has 4 aromatic rings. The minimum Gasteiger partial charge on any atom is -0.497 e. The Balaban J connectivity index is 1.61. The monoisotopic (exact) mass is 471 g/mol. The molecule has 1 unspecified atom stereocenters. The molecule has 170 valence electrons. The summed E-state index contributed by atoms with van der Waals surface area (Å²) in [6, 6.07) is 24.0. The molecule has 1 aliphatic rings. The van der Waals surface area contributed by atoms with E-state index in [4.69, 9.17) is 26.2 Å². The minimum atomic E-state index is -0.412. The molecule has 0 saturated heterocycles. The fraction of sp³-hybridized carbons (Fsp3) is 0.148. The molecule has 0 spiro atoms. The van der Waals surface area contributed by atoms with E-state index in [-0.39, 0.29) is 5.91 Å². The van der Waals surface area contributed by atoms with Crippen molar-refractivity contribution in [1.29, 1.82) is 0 Å². The summed E-state index contributed by atoms with van der Waals surface area (Å²) in [5, 5.41) is 7.46. The van der Waals surface area contributed by atoms with Crippen molar-refractivity contribution in [3.8, 4) is 11.5 Å². The third kappa shape index (κ3) is 3.97. The number of para-hydroxylation sites is 1. The molecular weight excluding hydrogens is 450 g/mol. The van der Waals surface area contributed by atoms with E-state index in [1.54, 1.807) is 26.4 Å². The lowest BCUT2D eigenvalue weighted by atomic mass is 9.98. The summed E-state index contributed by atoms with van der Waals surface area (Å²) in [5.41, 5.74) is 3.61. The largest absolute Gasteiger partial charge is 0.497 e. The van der Waals surface area contributed by atoms with E-state index in [9.17, 15) is 4.79 Å². The zero-order valence-electron chi connectivity index (χ0n) is 18.7. The number of nitrogens with zero attached hydrogens (tertiary/aromatic N) is 3. The van der Waals surface area contributed by atoms with Crippen molar-refractivity contribution >= 4 is 34.1 Å². The molecule has 0 saturated carbocycles. The van der Waals surface area contributed by atoms with Gasteiger partial charge in [0.1, 0.15) is 22.2 Å². The molecule has 0 radical (unpaired) electrons. The average molecular weight is 472 g/mol. The first-order chi connectivity index (χ1) is 16.6. The topological polar surface area (TPSA) is 64.0 Å². The van der Waals surface area contributed by atoms with Gasteiger partial charge in [0.2, 0.25) is 0 Å². The summed E-state index contributed by atoms with van der Waals surface area (Å²) in [4.78, 5) is 18.1. The number of methoxy groups -OCH3 is 2. The molecule has 7 heteroatoms. The Kier molecular flexibility index (Phi) is 5.90. The third-order valence-corrected chi connectivity index (χ3v) is 6.21. The molecule has 1 atom stereocenters. The fourth-order valence-corrected chi connectivity index (χ4v) is 4.46. The second kappa shape index (κ2) is 9.15. The number of carbonyl (C=O) groups excluding carboxylic acids is 1. The van der Waals surface area contributed by atoms with Gasteiger partial charge in [-0.1, -0.05) is 54.1 Å². The quantitative estimate of drug-likeness (QED) is 0.340. The van der Waals surface area contributed by atoms with E-state index >= 15 is 0 Å². The third-order valence-electron chi connectivity index (χ3n) is 5.91. The predicted octanol–water partition coefficient (Wildman–Crippen LogP) is 5.90. The van der Waals surface area contributed by atoms with E-state index in [0.29, 0.717) is 28.4 Å². The van der Waals surface area contributed by atoms with Crippen LogP contribution in [0.4, 0.5) is 0 Å². The highest BCUT2D eigenvalue weighted by atomic mass is 35.5. The van der Waals surface area contributed by atoms with Gasteiger partial charge in [-0.3, -0.25) is 4.79 Å². The van der Waals surface area contributed by atoms with Crippen molar-refractivity contribution in [1.82, 2.24) is 9.99 Å². The van der Waals surface area contributed by atoms with Gasteiger partial charge in [0.15, 0.2) is 0 Å². The van der Waals surface area contributed by atoms with Crippen LogP contribution in [-0.2, 0) is 0 Å². The maximum atomic E-state index is 13.5. The number of hydrazone groups is 1. The Morgan fingerprint density at radius 1 is 0.971 bits per heavy atom. The fourth-order valence-electron chi connectivity index (χ4n) is 4.19. The molecular formula is C27H22ClN3O3. The zero-order chi connectivity index (χ0) is 23.7. The first-order valence-corrected chi connectivity index (χ1v) is 11.2. The summed E-state index contributed by atoms with van der Waals surface area (Å²) >= 11 is 6.69. The molecule has 1 amide bonds. The molecule has 34 heavy (non-hydrogen) atoms. The number of hydrogen-bond acceptors (Lipinski definition) is 5. The smallest absolute Gasteiger partial charge is 0.274 e. The highest BCUT2D eigenvalue weighted by Crippen LogP contribution is 2.39. The summed E-state index contributed by atoms with van der Waals surface area (Å²) in [6.07, 6.45) is 0.489. The van der Waals surface area contributed by atoms with Gasteiger partial charge < -0.3 is 9.47 Å². The van der Waals surface area contributed by atoms with E-state index in [1.807, 2.05) is 66.7 Å². The van der Waals surface area contributed by atoms with Crippen LogP contribution in [0.5, 0.6) is 11.5 Å². The van der Waals surface area contributed by atoms with Crippen molar-refractivity contribution in [2.75, 3.05) is 14.2 Å². The Morgan fingerprint density at radius 2 is 1.76 bits per heavy atom. The molecule has 0 aliphatic carbocycles. The predicted molar refractivity (Wildman–Crippen MR) is 133 cm³/mol. The van der Waals surface area contributed by atoms with Crippen LogP contribution in [0.25, 0.3) is 10.9 Å². The standard InChI is InChI=1S/C27H22ClN3O3/c1-33-20-12-6-10-18(14-20)22-16-23(31(30-22)27(32)17-8-4-3-5-9-17)21-15-19-11-7-13-24(34-2)25(19)29-26(21)28/h3-15,23H,16H2,1-2H3. The average Bonchev–Trinajstić information content (AvgIpc) is 3.33. The molecule has 2 heterocycles. The van der Waals surface area contributed by atoms with Gasteiger partial charge in [0.25, 0.3) is 5.91 Å². The number of carbonyl (C=O) groups is 1. The van der Waals surface area contributed by atoms with Gasteiger partial charge in [0, 0.05) is 28.5 Å². The first-order valence-electron chi connectivity index (χ1n) is 10.8. The van der Waals surface area contributed by atoms with Crippen LogP contribution in [0.3, 0.4) is 0 Å². The first kappa shape index (κ1) is 21.9. The van der Waals surface area contributed by atoms with Crippen molar-refractivity contribution in [2.45, 2.75) is 12.5 Å². The molecule has 5 rings (SSSR count). The van der Waals surface area contributed by atoms with E-state index < -0.39 is 6.04 Å². The van der Waals surface area contributed by atoms with Crippen molar-refractivity contribution in [3.05, 3.63) is 101 Å². The Bertz CT molecular complexity index is 1410. The van der Waals surface area contributed by atoms with Gasteiger partial charge in [-0.25, -0.2) is 9.99 Å². The van der Waals surface area contributed by atoms with Crippen LogP contribution >= 0.6 is 11.6 Å². The van der Waals surface area contributed by atoms with Crippen LogP contribution in [0, 0.1) is 0 Å². The van der Waals surface area contributed by atoms with Gasteiger partial charge in [-0.05, 0) is 36.4 Å². The number of amides is 1. The zero-order valence-corrected chi connectivity index (χ0v) is 19.5. The van der Waals surface area contributed by atoms with Crippen LogP contribution in [-0.4, -0.2) is 35.8 Å². The lowest BCUT2D eigenvalue weighted by molar-refractivity contribution is 0.0711. The lowest BCUT2D eigenvalue weighted by Gasteiger charge is -2.23.